The summed E-state index contributed by atoms with van der Waals surface area (Å²) in [5.74, 6) is -0.416. The second-order valence-electron chi connectivity index (χ2n) is 5.76. The SMILES string of the molecule is CS(=O)(=O)Nc1cc2c(O)n(-c3ccc(F)cc3)n2c2ccccc12. The van der Waals surface area contributed by atoms with Crippen LogP contribution in [0.2, 0.25) is 0 Å². The Labute approximate surface area is 142 Å². The molecule has 0 atom stereocenters. The van der Waals surface area contributed by atoms with Crippen LogP contribution in [-0.2, 0) is 10.0 Å². The Bertz CT molecular complexity index is 1210. The number of benzene rings is 2. The predicted octanol–water partition coefficient (Wildman–Crippen LogP) is 3.10. The van der Waals surface area contributed by atoms with Gasteiger partial charge in [0.1, 0.15) is 11.3 Å². The number of anilines is 1. The predicted molar refractivity (Wildman–Crippen MR) is 94.3 cm³/mol. The number of halogens is 1. The molecule has 0 aliphatic rings. The summed E-state index contributed by atoms with van der Waals surface area (Å²) in [5, 5.41) is 11.1. The molecule has 0 radical (unpaired) electrons. The second kappa shape index (κ2) is 5.25. The molecule has 8 heteroatoms. The van der Waals surface area contributed by atoms with Crippen LogP contribution < -0.4 is 4.72 Å². The zero-order valence-corrected chi connectivity index (χ0v) is 14.0. The highest BCUT2D eigenvalue weighted by atomic mass is 32.2. The molecule has 0 saturated heterocycles. The number of aromatic nitrogens is 2. The van der Waals surface area contributed by atoms with E-state index in [-0.39, 0.29) is 11.7 Å². The maximum absolute atomic E-state index is 13.2. The minimum atomic E-state index is -3.47. The third-order valence-corrected chi connectivity index (χ3v) is 4.52. The standard InChI is InChI=1S/C17H14FN3O3S/c1-25(23,24)19-14-10-16-17(22)20(12-8-6-11(18)7-9-12)21(16)15-5-3-2-4-13(14)15/h2-10,19,22H,1H3. The summed E-state index contributed by atoms with van der Waals surface area (Å²) >= 11 is 0. The summed E-state index contributed by atoms with van der Waals surface area (Å²) in [5.41, 5.74) is 2.13. The van der Waals surface area contributed by atoms with E-state index in [4.69, 9.17) is 0 Å². The molecule has 0 unspecified atom stereocenters. The van der Waals surface area contributed by atoms with Crippen LogP contribution in [0.25, 0.3) is 22.1 Å². The van der Waals surface area contributed by atoms with E-state index >= 15 is 0 Å². The Morgan fingerprint density at radius 1 is 1.04 bits per heavy atom. The number of nitrogens with one attached hydrogen (secondary N) is 1. The first-order chi connectivity index (χ1) is 11.8. The molecule has 0 bridgehead atoms. The van der Waals surface area contributed by atoms with Gasteiger partial charge in [-0.25, -0.2) is 22.0 Å². The maximum atomic E-state index is 13.2. The highest BCUT2D eigenvalue weighted by Gasteiger charge is 2.20. The minimum Gasteiger partial charge on any atom is -0.492 e. The van der Waals surface area contributed by atoms with Crippen molar-refractivity contribution in [3.8, 4) is 11.6 Å². The lowest BCUT2D eigenvalue weighted by atomic mass is 10.1. The number of para-hydroxylation sites is 1. The van der Waals surface area contributed by atoms with Gasteiger partial charge in [0.15, 0.2) is 0 Å². The summed E-state index contributed by atoms with van der Waals surface area (Å²) in [4.78, 5) is 0. The number of nitrogens with zero attached hydrogens (tertiary/aromatic N) is 2. The average Bonchev–Trinajstić information content (AvgIpc) is 2.56. The van der Waals surface area contributed by atoms with Crippen LogP contribution in [0.3, 0.4) is 0 Å². The van der Waals surface area contributed by atoms with Crippen molar-refractivity contribution >= 4 is 32.1 Å². The van der Waals surface area contributed by atoms with E-state index in [1.165, 1.54) is 16.8 Å². The van der Waals surface area contributed by atoms with Crippen LogP contribution in [-0.4, -0.2) is 29.0 Å². The molecule has 0 saturated carbocycles. The summed E-state index contributed by atoms with van der Waals surface area (Å²) in [6.45, 7) is 0. The minimum absolute atomic E-state index is 0.0473. The van der Waals surface area contributed by atoms with Crippen LogP contribution in [0.5, 0.6) is 5.88 Å². The van der Waals surface area contributed by atoms with E-state index in [0.29, 0.717) is 27.8 Å². The highest BCUT2D eigenvalue weighted by Crippen LogP contribution is 2.36. The molecular weight excluding hydrogens is 345 g/mol. The molecule has 4 aromatic rings. The number of hydrogen-bond acceptors (Lipinski definition) is 3. The lowest BCUT2D eigenvalue weighted by molar-refractivity contribution is 0.406. The molecule has 0 fully saturated rings. The molecule has 0 aliphatic carbocycles. The van der Waals surface area contributed by atoms with Crippen molar-refractivity contribution in [1.82, 2.24) is 9.20 Å². The first kappa shape index (κ1) is 15.5. The molecule has 25 heavy (non-hydrogen) atoms. The Morgan fingerprint density at radius 2 is 1.72 bits per heavy atom. The smallest absolute Gasteiger partial charge is 0.238 e. The van der Waals surface area contributed by atoms with Gasteiger partial charge in [0.25, 0.3) is 0 Å². The van der Waals surface area contributed by atoms with Gasteiger partial charge in [-0.05, 0) is 36.4 Å². The molecular formula is C17H14FN3O3S. The Hall–Kier alpha value is -3.00. The monoisotopic (exact) mass is 359 g/mol. The highest BCUT2D eigenvalue weighted by molar-refractivity contribution is 7.92. The van der Waals surface area contributed by atoms with Crippen LogP contribution in [0, 0.1) is 5.82 Å². The fourth-order valence-corrected chi connectivity index (χ4v) is 3.50. The molecule has 0 amide bonds. The number of aromatic hydroxyl groups is 1. The summed E-state index contributed by atoms with van der Waals surface area (Å²) < 4.78 is 42.2. The zero-order valence-electron chi connectivity index (χ0n) is 13.1. The number of rotatable bonds is 3. The molecule has 2 aromatic heterocycles. The number of hydrogen-bond donors (Lipinski definition) is 2. The fourth-order valence-electron chi connectivity index (χ4n) is 2.93. The van der Waals surface area contributed by atoms with E-state index in [0.717, 1.165) is 6.26 Å². The molecule has 0 aliphatic heterocycles. The van der Waals surface area contributed by atoms with Gasteiger partial charge >= 0.3 is 0 Å². The second-order valence-corrected chi connectivity index (χ2v) is 7.51. The quantitative estimate of drug-likeness (QED) is 0.590. The first-order valence-electron chi connectivity index (χ1n) is 7.43. The molecule has 2 aromatic carbocycles. The van der Waals surface area contributed by atoms with Crippen molar-refractivity contribution in [2.45, 2.75) is 0 Å². The van der Waals surface area contributed by atoms with Gasteiger partial charge in [-0.15, -0.1) is 0 Å². The molecule has 6 nitrogen and oxygen atoms in total. The Kier molecular flexibility index (Phi) is 3.26. The zero-order chi connectivity index (χ0) is 17.8. The molecule has 4 rings (SSSR count). The van der Waals surface area contributed by atoms with Crippen molar-refractivity contribution in [3.05, 3.63) is 60.4 Å². The largest absolute Gasteiger partial charge is 0.492 e. The Balaban J connectivity index is 2.03. The van der Waals surface area contributed by atoms with E-state index < -0.39 is 10.0 Å². The molecule has 2 N–H and O–H groups in total. The Morgan fingerprint density at radius 3 is 2.40 bits per heavy atom. The third kappa shape index (κ3) is 2.51. The van der Waals surface area contributed by atoms with E-state index in [9.17, 15) is 17.9 Å². The van der Waals surface area contributed by atoms with Gasteiger partial charge in [-0.2, -0.15) is 0 Å². The van der Waals surface area contributed by atoms with Crippen molar-refractivity contribution in [3.63, 3.8) is 0 Å². The average molecular weight is 359 g/mol. The first-order valence-corrected chi connectivity index (χ1v) is 9.32. The maximum Gasteiger partial charge on any atom is 0.238 e. The van der Waals surface area contributed by atoms with E-state index in [1.54, 1.807) is 34.8 Å². The van der Waals surface area contributed by atoms with Gasteiger partial charge in [0, 0.05) is 5.39 Å². The lowest BCUT2D eigenvalue weighted by Crippen LogP contribution is -2.17. The topological polar surface area (TPSA) is 75.7 Å². The molecule has 0 spiro atoms. The summed E-state index contributed by atoms with van der Waals surface area (Å²) in [7, 11) is -3.47. The number of pyridine rings is 1. The van der Waals surface area contributed by atoms with Gasteiger partial charge in [-0.3, -0.25) is 4.72 Å². The van der Waals surface area contributed by atoms with Crippen LogP contribution in [0.4, 0.5) is 10.1 Å². The van der Waals surface area contributed by atoms with Crippen LogP contribution >= 0.6 is 0 Å². The third-order valence-electron chi connectivity index (χ3n) is 3.93. The van der Waals surface area contributed by atoms with Gasteiger partial charge in [0.05, 0.1) is 23.1 Å². The van der Waals surface area contributed by atoms with Crippen molar-refractivity contribution in [2.24, 2.45) is 0 Å². The molecule has 128 valence electrons. The van der Waals surface area contributed by atoms with Crippen LogP contribution in [0.1, 0.15) is 0 Å². The summed E-state index contributed by atoms with van der Waals surface area (Å²) in [6.07, 6.45) is 1.07. The van der Waals surface area contributed by atoms with E-state index in [2.05, 4.69) is 4.72 Å². The number of fused-ring (bicyclic) bond motifs is 3. The normalized spacial score (nSPS) is 12.1. The van der Waals surface area contributed by atoms with Crippen molar-refractivity contribution in [1.29, 1.82) is 0 Å². The molecule has 2 heterocycles. The fraction of sp³-hybridized carbons (Fsp3) is 0.0588. The van der Waals surface area contributed by atoms with Gasteiger partial charge in [0.2, 0.25) is 15.9 Å². The van der Waals surface area contributed by atoms with Crippen LogP contribution in [0.15, 0.2) is 54.6 Å². The van der Waals surface area contributed by atoms with Crippen molar-refractivity contribution < 1.29 is 17.9 Å². The van der Waals surface area contributed by atoms with Crippen molar-refractivity contribution in [2.75, 3.05) is 11.0 Å². The number of sulfonamides is 1. The summed E-state index contributed by atoms with van der Waals surface area (Å²) in [6, 6.07) is 14.5. The van der Waals surface area contributed by atoms with E-state index in [1.807, 2.05) is 12.1 Å². The van der Waals surface area contributed by atoms with Gasteiger partial charge < -0.3 is 5.11 Å². The lowest BCUT2D eigenvalue weighted by Gasteiger charge is -2.24. The van der Waals surface area contributed by atoms with Gasteiger partial charge in [-0.1, -0.05) is 18.2 Å².